The Balaban J connectivity index is 0.539. The SMILES string of the molecule is c1ccc(-c2ccc(N(c3ccc(-c4cc5ccccc5c5ccccc45)cc3)c3cccc4c3oc3cncc(-c5ccc6c(c5)cc(-c5ccc(N(c7ccc(-c8ccccc8)cc7)c7nccc8c7oc7cccc(-c9ccc%10c(c9)cc(-c9ccc(N(c%11ccc(-c%12ccccc%12)cc%11)c%11ccnc%12c%11oc%11ccccc%11%12)cc9)c9ccccc9%10)c78)cc5)c5ccccc56)c34)cc2)cc1. The summed E-state index contributed by atoms with van der Waals surface area (Å²) in [6.07, 6.45) is 7.67. The van der Waals surface area contributed by atoms with E-state index < -0.39 is 0 Å². The molecule has 9 nitrogen and oxygen atoms in total. The molecule has 0 unspecified atom stereocenters. The highest BCUT2D eigenvalue weighted by Crippen LogP contribution is 2.52. The highest BCUT2D eigenvalue weighted by atomic mass is 16.3. The Hall–Kier alpha value is -18.6. The van der Waals surface area contributed by atoms with Gasteiger partial charge in [-0.1, -0.05) is 322 Å². The van der Waals surface area contributed by atoms with E-state index in [2.05, 4.69) is 458 Å². The van der Waals surface area contributed by atoms with Crippen LogP contribution in [0, 0.1) is 0 Å². The summed E-state index contributed by atoms with van der Waals surface area (Å²) in [4.78, 5) is 22.0. The highest BCUT2D eigenvalue weighted by molar-refractivity contribution is 6.22. The van der Waals surface area contributed by atoms with Crippen LogP contribution in [0.1, 0.15) is 0 Å². The van der Waals surface area contributed by atoms with E-state index in [9.17, 15) is 0 Å². The van der Waals surface area contributed by atoms with E-state index in [0.29, 0.717) is 17.0 Å². The van der Waals surface area contributed by atoms with Crippen molar-refractivity contribution in [3.63, 3.8) is 0 Å². The molecular formula is C129H80N6O3. The Kier molecular flexibility index (Phi) is 18.8. The molecule has 6 aromatic heterocycles. The van der Waals surface area contributed by atoms with E-state index in [1.807, 2.05) is 43.0 Å². The fraction of sp³-hybridized carbons (Fsp3) is 0. The average Bonchev–Trinajstić information content (AvgIpc) is 1.60. The van der Waals surface area contributed by atoms with Crippen molar-refractivity contribution in [3.05, 3.63) is 486 Å². The van der Waals surface area contributed by atoms with Gasteiger partial charge in [-0.15, -0.1) is 0 Å². The molecule has 0 amide bonds. The predicted molar refractivity (Wildman–Crippen MR) is 574 cm³/mol. The molecule has 0 radical (unpaired) electrons. The van der Waals surface area contributed by atoms with Gasteiger partial charge >= 0.3 is 0 Å². The van der Waals surface area contributed by atoms with Crippen molar-refractivity contribution in [2.45, 2.75) is 0 Å². The Bertz CT molecular complexity index is 9490. The summed E-state index contributed by atoms with van der Waals surface area (Å²) in [6.45, 7) is 0. The minimum atomic E-state index is 0.668. The summed E-state index contributed by atoms with van der Waals surface area (Å²) < 4.78 is 21.1. The van der Waals surface area contributed by atoms with Crippen LogP contribution in [-0.2, 0) is 0 Å². The molecule has 644 valence electrons. The summed E-state index contributed by atoms with van der Waals surface area (Å²) in [5.41, 5.74) is 30.6. The summed E-state index contributed by atoms with van der Waals surface area (Å²) in [5.74, 6) is 0.668. The van der Waals surface area contributed by atoms with Gasteiger partial charge in [-0.2, -0.15) is 0 Å². The van der Waals surface area contributed by atoms with Gasteiger partial charge in [0.25, 0.3) is 0 Å². The van der Waals surface area contributed by atoms with Gasteiger partial charge in [0.05, 0.1) is 17.6 Å². The second kappa shape index (κ2) is 32.7. The van der Waals surface area contributed by atoms with Gasteiger partial charge in [0.2, 0.25) is 0 Å². The minimum Gasteiger partial charge on any atom is -0.452 e. The molecule has 0 bridgehead atoms. The number of pyridine rings is 3. The molecular weight excluding hydrogens is 1680 g/mol. The number of hydrogen-bond acceptors (Lipinski definition) is 9. The summed E-state index contributed by atoms with van der Waals surface area (Å²) >= 11 is 0. The monoisotopic (exact) mass is 1760 g/mol. The Morgan fingerprint density at radius 3 is 1.05 bits per heavy atom. The maximum Gasteiger partial charge on any atom is 0.181 e. The third-order valence-corrected chi connectivity index (χ3v) is 27.8. The Morgan fingerprint density at radius 1 is 0.181 bits per heavy atom. The van der Waals surface area contributed by atoms with E-state index in [4.69, 9.17) is 28.2 Å². The standard InChI is InChI=1S/C129H80N6O3/c1-4-22-81(23-5-1)84-42-56-95(57-43-84)133(97-62-48-87(49-63-97)114-76-90-28-10-11-29-101(90)105-30-12-15-33-108(105)114)118-39-20-38-112-124-117(79-130-80-122(124)138-126(112)118)92-55-69-103-94(75-92)78-116(110-35-17-14-32-107(103)110)89-52-66-100(67-53-89)135(99-60-46-86(47-61-99)83-26-8-3-9-27-83)129-127-113(70-72-132-129)123-104(37-21-41-121(123)137-127)91-54-68-102-93(74-91)77-115(109-34-16-13-31-106(102)109)88-50-64-98(65-51-88)134(96-58-44-85(45-59-96)82-24-6-2-7-25-82)119-71-73-131-125-111-36-18-19-40-120(111)136-128(119)125/h1-80H. The van der Waals surface area contributed by atoms with Crippen molar-refractivity contribution in [2.75, 3.05) is 14.7 Å². The van der Waals surface area contributed by atoms with Crippen LogP contribution in [0.25, 0.3) is 220 Å². The molecule has 138 heavy (non-hydrogen) atoms. The number of anilines is 9. The zero-order valence-corrected chi connectivity index (χ0v) is 74.6. The summed E-state index contributed by atoms with van der Waals surface area (Å²) in [5, 5.41) is 19.1. The zero-order valence-electron chi connectivity index (χ0n) is 74.6. The smallest absolute Gasteiger partial charge is 0.181 e. The number of para-hydroxylation sites is 2. The van der Waals surface area contributed by atoms with Crippen LogP contribution in [-0.4, -0.2) is 15.0 Å². The van der Waals surface area contributed by atoms with Crippen molar-refractivity contribution >= 4 is 182 Å². The molecule has 0 fully saturated rings. The minimum absolute atomic E-state index is 0.668. The lowest BCUT2D eigenvalue weighted by molar-refractivity contribution is 0.667. The van der Waals surface area contributed by atoms with E-state index >= 15 is 0 Å². The van der Waals surface area contributed by atoms with Crippen molar-refractivity contribution < 1.29 is 13.3 Å². The van der Waals surface area contributed by atoms with Gasteiger partial charge in [-0.05, 0) is 288 Å². The van der Waals surface area contributed by atoms with Crippen LogP contribution in [0.4, 0.5) is 51.3 Å². The van der Waals surface area contributed by atoms with Crippen molar-refractivity contribution in [2.24, 2.45) is 0 Å². The topological polar surface area (TPSA) is 87.8 Å². The van der Waals surface area contributed by atoms with Crippen molar-refractivity contribution in [1.82, 2.24) is 15.0 Å². The van der Waals surface area contributed by atoms with Crippen LogP contribution >= 0.6 is 0 Å². The van der Waals surface area contributed by atoms with E-state index in [1.165, 1.54) is 43.3 Å². The van der Waals surface area contributed by atoms with Crippen LogP contribution in [0.2, 0.25) is 0 Å². The maximum absolute atomic E-state index is 7.26. The van der Waals surface area contributed by atoms with E-state index in [1.54, 1.807) is 0 Å². The third-order valence-electron chi connectivity index (χ3n) is 27.8. The number of hydrogen-bond donors (Lipinski definition) is 0. The molecule has 0 aliphatic heterocycles. The quantitative estimate of drug-likeness (QED) is 0.0827. The molecule has 0 saturated heterocycles. The van der Waals surface area contributed by atoms with Gasteiger partial charge in [0, 0.05) is 85.2 Å². The predicted octanol–water partition coefficient (Wildman–Crippen LogP) is 36.2. The van der Waals surface area contributed by atoms with Crippen LogP contribution in [0.3, 0.4) is 0 Å². The van der Waals surface area contributed by atoms with Gasteiger partial charge in [-0.3, -0.25) is 14.9 Å². The molecule has 0 aliphatic carbocycles. The molecule has 27 aromatic rings. The Labute approximate surface area is 794 Å². The third kappa shape index (κ3) is 13.4. The first-order valence-electron chi connectivity index (χ1n) is 46.8. The fourth-order valence-corrected chi connectivity index (χ4v) is 21.3. The number of benzene rings is 21. The van der Waals surface area contributed by atoms with Gasteiger partial charge < -0.3 is 23.1 Å². The summed E-state index contributed by atoms with van der Waals surface area (Å²) in [7, 11) is 0. The highest BCUT2D eigenvalue weighted by Gasteiger charge is 2.28. The lowest BCUT2D eigenvalue weighted by atomic mass is 9.91. The fourth-order valence-electron chi connectivity index (χ4n) is 21.3. The van der Waals surface area contributed by atoms with Crippen LogP contribution < -0.4 is 14.7 Å². The molecule has 0 spiro atoms. The molecule has 6 heterocycles. The molecule has 21 aromatic carbocycles. The molecule has 0 saturated carbocycles. The van der Waals surface area contributed by atoms with E-state index in [0.717, 1.165) is 211 Å². The van der Waals surface area contributed by atoms with Gasteiger partial charge in [0.15, 0.2) is 28.1 Å². The van der Waals surface area contributed by atoms with Crippen LogP contribution in [0.15, 0.2) is 499 Å². The summed E-state index contributed by atoms with van der Waals surface area (Å²) in [6, 6.07) is 166. The molecule has 0 N–H and O–H groups in total. The number of nitrogens with zero attached hydrogens (tertiary/aromatic N) is 6. The molecule has 9 heteroatoms. The number of rotatable bonds is 17. The number of aromatic nitrogens is 3. The largest absolute Gasteiger partial charge is 0.452 e. The van der Waals surface area contributed by atoms with Crippen molar-refractivity contribution in [1.29, 1.82) is 0 Å². The normalized spacial score (nSPS) is 11.8. The van der Waals surface area contributed by atoms with Gasteiger partial charge in [-0.25, -0.2) is 4.98 Å². The first-order valence-corrected chi connectivity index (χ1v) is 46.8. The lowest BCUT2D eigenvalue weighted by Crippen LogP contribution is -2.11. The average molecular weight is 1760 g/mol. The second-order valence-electron chi connectivity index (χ2n) is 35.6. The van der Waals surface area contributed by atoms with Gasteiger partial charge in [0.1, 0.15) is 16.7 Å². The van der Waals surface area contributed by atoms with Crippen LogP contribution in [0.5, 0.6) is 0 Å². The Morgan fingerprint density at radius 2 is 0.536 bits per heavy atom. The maximum atomic E-state index is 7.26. The van der Waals surface area contributed by atoms with Crippen molar-refractivity contribution in [3.8, 4) is 89.0 Å². The molecule has 0 aliphatic rings. The number of fused-ring (bicyclic) bond motifs is 18. The number of furan rings is 3. The lowest BCUT2D eigenvalue weighted by Gasteiger charge is -2.26. The molecule has 0 atom stereocenters. The molecule has 27 rings (SSSR count). The first-order chi connectivity index (χ1) is 68.4. The zero-order chi connectivity index (χ0) is 90.8. The second-order valence-corrected chi connectivity index (χ2v) is 35.6. The first kappa shape index (κ1) is 79.2. The van der Waals surface area contributed by atoms with E-state index in [-0.39, 0.29) is 0 Å².